The third-order valence-corrected chi connectivity index (χ3v) is 2.87. The molecule has 0 bridgehead atoms. The fourth-order valence-electron chi connectivity index (χ4n) is 1.75. The molecule has 2 aromatic rings. The number of carbonyl (C=O) groups excluding carboxylic acids is 1. The van der Waals surface area contributed by atoms with Crippen molar-refractivity contribution in [3.8, 4) is 0 Å². The van der Waals surface area contributed by atoms with Crippen LogP contribution in [-0.4, -0.2) is 5.91 Å². The van der Waals surface area contributed by atoms with Crippen LogP contribution in [0.1, 0.15) is 17.2 Å². The van der Waals surface area contributed by atoms with Crippen molar-refractivity contribution in [2.45, 2.75) is 13.0 Å². The molecule has 0 unspecified atom stereocenters. The Hall–Kier alpha value is -2.20. The van der Waals surface area contributed by atoms with Crippen LogP contribution in [0.2, 0.25) is 0 Å². The molecule has 19 heavy (non-hydrogen) atoms. The lowest BCUT2D eigenvalue weighted by molar-refractivity contribution is -0.117. The van der Waals surface area contributed by atoms with Crippen molar-refractivity contribution < 1.29 is 9.18 Å². The first-order valence-electron chi connectivity index (χ1n) is 5.95. The highest BCUT2D eigenvalue weighted by molar-refractivity contribution is 5.95. The lowest BCUT2D eigenvalue weighted by Gasteiger charge is -2.13. The monoisotopic (exact) mass is 258 g/mol. The van der Waals surface area contributed by atoms with E-state index >= 15 is 0 Å². The fraction of sp³-hybridized carbons (Fsp3) is 0.133. The molecule has 0 heterocycles. The smallest absolute Gasteiger partial charge is 0.245 e. The average Bonchev–Trinajstić information content (AvgIpc) is 2.43. The Morgan fingerprint density at radius 1 is 1.21 bits per heavy atom. The van der Waals surface area contributed by atoms with Crippen LogP contribution < -0.4 is 11.1 Å². The summed E-state index contributed by atoms with van der Waals surface area (Å²) in [6.07, 6.45) is 0. The van der Waals surface area contributed by atoms with Gasteiger partial charge in [-0.3, -0.25) is 4.79 Å². The van der Waals surface area contributed by atoms with Gasteiger partial charge in [-0.05, 0) is 36.2 Å². The number of hydrogen-bond acceptors (Lipinski definition) is 2. The molecule has 0 aromatic heterocycles. The fourth-order valence-corrected chi connectivity index (χ4v) is 1.75. The minimum atomic E-state index is -0.744. The van der Waals surface area contributed by atoms with Crippen LogP contribution in [0.5, 0.6) is 0 Å². The predicted octanol–water partition coefficient (Wildman–Crippen LogP) is 2.77. The largest absolute Gasteiger partial charge is 0.324 e. The number of nitrogens with one attached hydrogen (secondary N) is 1. The Morgan fingerprint density at radius 3 is 2.53 bits per heavy atom. The molecule has 0 aliphatic heterocycles. The molecule has 0 fully saturated rings. The number of amides is 1. The summed E-state index contributed by atoms with van der Waals surface area (Å²) in [7, 11) is 0. The number of anilines is 1. The van der Waals surface area contributed by atoms with E-state index in [9.17, 15) is 9.18 Å². The third kappa shape index (κ3) is 3.17. The maximum Gasteiger partial charge on any atom is 0.245 e. The van der Waals surface area contributed by atoms with Crippen molar-refractivity contribution >= 4 is 11.6 Å². The molecule has 0 radical (unpaired) electrons. The number of aryl methyl sites for hydroxylation is 1. The van der Waals surface area contributed by atoms with Gasteiger partial charge in [-0.1, -0.05) is 30.3 Å². The molecule has 3 N–H and O–H groups in total. The van der Waals surface area contributed by atoms with Crippen LogP contribution in [0.4, 0.5) is 10.1 Å². The van der Waals surface area contributed by atoms with Crippen molar-refractivity contribution in [2.75, 3.05) is 5.32 Å². The van der Waals surface area contributed by atoms with Gasteiger partial charge in [-0.2, -0.15) is 0 Å². The van der Waals surface area contributed by atoms with E-state index in [2.05, 4.69) is 5.32 Å². The molecule has 0 saturated carbocycles. The summed E-state index contributed by atoms with van der Waals surface area (Å²) >= 11 is 0. The van der Waals surface area contributed by atoms with Crippen LogP contribution in [0.3, 0.4) is 0 Å². The van der Waals surface area contributed by atoms with Gasteiger partial charge in [-0.25, -0.2) is 4.39 Å². The Kier molecular flexibility index (Phi) is 3.92. The van der Waals surface area contributed by atoms with E-state index in [4.69, 9.17) is 5.73 Å². The SMILES string of the molecule is Cc1cc(NC(=O)[C@@H](N)c2ccccc2)ccc1F. The zero-order chi connectivity index (χ0) is 13.8. The van der Waals surface area contributed by atoms with E-state index in [1.165, 1.54) is 12.1 Å². The molecule has 1 atom stereocenters. The van der Waals surface area contributed by atoms with Crippen LogP contribution in [0.15, 0.2) is 48.5 Å². The number of carbonyl (C=O) groups is 1. The van der Waals surface area contributed by atoms with Gasteiger partial charge in [0.05, 0.1) is 0 Å². The lowest BCUT2D eigenvalue weighted by Crippen LogP contribution is -2.27. The van der Waals surface area contributed by atoms with Gasteiger partial charge in [0.1, 0.15) is 11.9 Å². The van der Waals surface area contributed by atoms with Crippen molar-refractivity contribution in [1.82, 2.24) is 0 Å². The molecular formula is C15H15FN2O. The second-order valence-electron chi connectivity index (χ2n) is 4.34. The van der Waals surface area contributed by atoms with Crippen LogP contribution >= 0.6 is 0 Å². The molecule has 0 aliphatic rings. The van der Waals surface area contributed by atoms with Gasteiger partial charge in [-0.15, -0.1) is 0 Å². The van der Waals surface area contributed by atoms with E-state index in [0.29, 0.717) is 11.3 Å². The molecule has 0 spiro atoms. The van der Waals surface area contributed by atoms with Crippen molar-refractivity contribution in [1.29, 1.82) is 0 Å². The number of nitrogens with two attached hydrogens (primary N) is 1. The van der Waals surface area contributed by atoms with E-state index in [1.807, 2.05) is 18.2 Å². The second-order valence-corrected chi connectivity index (χ2v) is 4.34. The first-order valence-corrected chi connectivity index (χ1v) is 5.95. The molecular weight excluding hydrogens is 243 g/mol. The summed E-state index contributed by atoms with van der Waals surface area (Å²) in [5.41, 5.74) is 7.62. The van der Waals surface area contributed by atoms with Gasteiger partial charge in [0.25, 0.3) is 0 Å². The van der Waals surface area contributed by atoms with E-state index in [0.717, 1.165) is 5.56 Å². The lowest BCUT2D eigenvalue weighted by atomic mass is 10.1. The Balaban J connectivity index is 2.10. The molecule has 0 aliphatic carbocycles. The quantitative estimate of drug-likeness (QED) is 0.889. The molecule has 3 nitrogen and oxygen atoms in total. The maximum atomic E-state index is 13.1. The summed E-state index contributed by atoms with van der Waals surface area (Å²) in [6, 6.07) is 12.8. The van der Waals surface area contributed by atoms with Crippen molar-refractivity contribution in [3.05, 3.63) is 65.5 Å². The first-order chi connectivity index (χ1) is 9.08. The molecule has 98 valence electrons. The summed E-state index contributed by atoms with van der Waals surface area (Å²) in [6.45, 7) is 1.64. The molecule has 1 amide bonds. The van der Waals surface area contributed by atoms with Crippen LogP contribution in [0, 0.1) is 12.7 Å². The molecule has 2 aromatic carbocycles. The second kappa shape index (κ2) is 5.63. The Bertz CT molecular complexity index is 584. The topological polar surface area (TPSA) is 55.1 Å². The van der Waals surface area contributed by atoms with E-state index in [1.54, 1.807) is 25.1 Å². The van der Waals surface area contributed by atoms with Gasteiger partial charge < -0.3 is 11.1 Å². The van der Waals surface area contributed by atoms with Gasteiger partial charge >= 0.3 is 0 Å². The zero-order valence-corrected chi connectivity index (χ0v) is 10.6. The number of halogens is 1. The zero-order valence-electron chi connectivity index (χ0n) is 10.6. The number of benzene rings is 2. The predicted molar refractivity (Wildman–Crippen MR) is 73.1 cm³/mol. The van der Waals surface area contributed by atoms with Crippen LogP contribution in [-0.2, 0) is 4.79 Å². The number of rotatable bonds is 3. The number of hydrogen-bond donors (Lipinski definition) is 2. The highest BCUT2D eigenvalue weighted by atomic mass is 19.1. The molecule has 0 saturated heterocycles. The Morgan fingerprint density at radius 2 is 1.89 bits per heavy atom. The highest BCUT2D eigenvalue weighted by Crippen LogP contribution is 2.16. The first kappa shape index (κ1) is 13.2. The van der Waals surface area contributed by atoms with E-state index < -0.39 is 6.04 Å². The third-order valence-electron chi connectivity index (χ3n) is 2.87. The van der Waals surface area contributed by atoms with Crippen LogP contribution in [0.25, 0.3) is 0 Å². The average molecular weight is 258 g/mol. The highest BCUT2D eigenvalue weighted by Gasteiger charge is 2.15. The summed E-state index contributed by atoms with van der Waals surface area (Å²) in [4.78, 5) is 12.0. The molecule has 2 rings (SSSR count). The van der Waals surface area contributed by atoms with Gasteiger partial charge in [0.2, 0.25) is 5.91 Å². The van der Waals surface area contributed by atoms with E-state index in [-0.39, 0.29) is 11.7 Å². The van der Waals surface area contributed by atoms with Crippen molar-refractivity contribution in [3.63, 3.8) is 0 Å². The summed E-state index contributed by atoms with van der Waals surface area (Å²) in [5.74, 6) is -0.623. The van der Waals surface area contributed by atoms with Gasteiger partial charge in [0.15, 0.2) is 0 Å². The summed E-state index contributed by atoms with van der Waals surface area (Å²) in [5, 5.41) is 2.68. The van der Waals surface area contributed by atoms with Crippen molar-refractivity contribution in [2.24, 2.45) is 5.73 Å². The Labute approximate surface area is 111 Å². The minimum absolute atomic E-state index is 0.301. The molecule has 4 heteroatoms. The minimum Gasteiger partial charge on any atom is -0.324 e. The normalized spacial score (nSPS) is 11.9. The standard InChI is InChI=1S/C15H15FN2O/c1-10-9-12(7-8-13(10)16)18-15(19)14(17)11-5-3-2-4-6-11/h2-9,14H,17H2,1H3,(H,18,19)/t14-/m0/s1. The summed E-state index contributed by atoms with van der Waals surface area (Å²) < 4.78 is 13.1. The van der Waals surface area contributed by atoms with Gasteiger partial charge in [0, 0.05) is 5.69 Å². The maximum absolute atomic E-state index is 13.1.